The number of carbonyl (C=O) groups excluding carboxylic acids is 1. The van der Waals surface area contributed by atoms with E-state index in [-0.39, 0.29) is 5.78 Å². The summed E-state index contributed by atoms with van der Waals surface area (Å²) in [5.41, 5.74) is 1.58. The van der Waals surface area contributed by atoms with Crippen LogP contribution in [0.3, 0.4) is 0 Å². The summed E-state index contributed by atoms with van der Waals surface area (Å²) < 4.78 is 11.5. The molecule has 0 spiro atoms. The van der Waals surface area contributed by atoms with Gasteiger partial charge in [-0.25, -0.2) is 0 Å². The first-order valence-corrected chi connectivity index (χ1v) is 7.60. The van der Waals surface area contributed by atoms with Gasteiger partial charge in [0.15, 0.2) is 5.78 Å². The van der Waals surface area contributed by atoms with Crippen molar-refractivity contribution < 1.29 is 14.3 Å². The summed E-state index contributed by atoms with van der Waals surface area (Å²) in [4.78, 5) is 12.1. The summed E-state index contributed by atoms with van der Waals surface area (Å²) in [6.07, 6.45) is 4.04. The Morgan fingerprint density at radius 3 is 2.45 bits per heavy atom. The highest BCUT2D eigenvalue weighted by Gasteiger charge is 2.05. The van der Waals surface area contributed by atoms with Gasteiger partial charge in [-0.05, 0) is 30.3 Å². The van der Waals surface area contributed by atoms with Crippen LogP contribution in [0.2, 0.25) is 0 Å². The lowest BCUT2D eigenvalue weighted by Gasteiger charge is -2.07. The van der Waals surface area contributed by atoms with Gasteiger partial charge in [0.25, 0.3) is 0 Å². The van der Waals surface area contributed by atoms with Crippen LogP contribution in [0.15, 0.2) is 53.0 Å². The summed E-state index contributed by atoms with van der Waals surface area (Å²) in [5, 5.41) is 0. The Kier molecular flexibility index (Phi) is 5.78. The Labute approximate surface area is 138 Å². The monoisotopic (exact) mass is 360 g/mol. The summed E-state index contributed by atoms with van der Waals surface area (Å²) in [6, 6.07) is 12.9. The molecule has 0 radical (unpaired) electrons. The number of ketones is 1. The number of halogens is 1. The fourth-order valence-corrected chi connectivity index (χ4v) is 2.28. The zero-order valence-corrected chi connectivity index (χ0v) is 14.1. The largest absolute Gasteiger partial charge is 0.497 e. The average Bonchev–Trinajstić information content (AvgIpc) is 2.55. The third kappa shape index (κ3) is 4.21. The average molecular weight is 361 g/mol. The zero-order valence-electron chi connectivity index (χ0n) is 12.5. The number of allylic oxidation sites excluding steroid dienone is 1. The number of carbonyl (C=O) groups is 1. The molecule has 0 heterocycles. The maximum Gasteiger partial charge on any atom is 0.166 e. The predicted octanol–water partition coefficient (Wildman–Crippen LogP) is 4.75. The minimum absolute atomic E-state index is 0.0746. The van der Waals surface area contributed by atoms with Crippen LogP contribution in [0.25, 0.3) is 6.08 Å². The van der Waals surface area contributed by atoms with Crippen molar-refractivity contribution in [2.45, 2.75) is 6.42 Å². The second kappa shape index (κ2) is 7.80. The third-order valence-corrected chi connectivity index (χ3v) is 3.73. The van der Waals surface area contributed by atoms with E-state index >= 15 is 0 Å². The fraction of sp³-hybridized carbons (Fsp3) is 0.167. The highest BCUT2D eigenvalue weighted by atomic mass is 79.9. The normalized spacial score (nSPS) is 10.7. The van der Waals surface area contributed by atoms with Gasteiger partial charge in [0, 0.05) is 22.0 Å². The number of ether oxygens (including phenoxy) is 2. The lowest BCUT2D eigenvalue weighted by atomic mass is 10.1. The van der Waals surface area contributed by atoms with Crippen molar-refractivity contribution in [3.05, 3.63) is 64.1 Å². The molecular formula is C18H17BrO3. The first-order chi connectivity index (χ1) is 10.6. The number of hydrogen-bond donors (Lipinski definition) is 0. The molecule has 3 nitrogen and oxygen atoms in total. The van der Waals surface area contributed by atoms with E-state index < -0.39 is 0 Å². The molecule has 0 amide bonds. The molecular weight excluding hydrogens is 344 g/mol. The van der Waals surface area contributed by atoms with E-state index in [2.05, 4.69) is 15.9 Å². The molecule has 0 N–H and O–H groups in total. The third-order valence-electron chi connectivity index (χ3n) is 3.20. The second-order valence-electron chi connectivity index (χ2n) is 4.64. The molecule has 0 aliphatic heterocycles. The van der Waals surface area contributed by atoms with Crippen LogP contribution in [0.1, 0.15) is 22.3 Å². The van der Waals surface area contributed by atoms with Gasteiger partial charge in [-0.2, -0.15) is 0 Å². The summed E-state index contributed by atoms with van der Waals surface area (Å²) in [6.45, 7) is 0. The standard InChI is InChI=1S/C18H17BrO3/c1-21-16-10-11-18(22-2)14(12-16)4-3-5-17(20)13-6-8-15(19)9-7-13/h3-4,6-12H,5H2,1-2H3. The van der Waals surface area contributed by atoms with E-state index in [1.54, 1.807) is 14.2 Å². The number of methoxy groups -OCH3 is 2. The van der Waals surface area contributed by atoms with Gasteiger partial charge in [0.2, 0.25) is 0 Å². The van der Waals surface area contributed by atoms with Crippen LogP contribution in [0, 0.1) is 0 Å². The lowest BCUT2D eigenvalue weighted by Crippen LogP contribution is -1.96. The Balaban J connectivity index is 2.08. The smallest absolute Gasteiger partial charge is 0.166 e. The minimum Gasteiger partial charge on any atom is -0.497 e. The van der Waals surface area contributed by atoms with Gasteiger partial charge in [-0.3, -0.25) is 4.79 Å². The van der Waals surface area contributed by atoms with E-state index in [0.717, 1.165) is 21.5 Å². The van der Waals surface area contributed by atoms with Crippen LogP contribution < -0.4 is 9.47 Å². The van der Waals surface area contributed by atoms with Crippen molar-refractivity contribution in [1.29, 1.82) is 0 Å². The van der Waals surface area contributed by atoms with Crippen molar-refractivity contribution in [3.8, 4) is 11.5 Å². The fourth-order valence-electron chi connectivity index (χ4n) is 2.02. The highest BCUT2D eigenvalue weighted by Crippen LogP contribution is 2.25. The maximum absolute atomic E-state index is 12.1. The summed E-state index contributed by atoms with van der Waals surface area (Å²) in [5.74, 6) is 1.57. The van der Waals surface area contributed by atoms with E-state index in [0.29, 0.717) is 12.0 Å². The second-order valence-corrected chi connectivity index (χ2v) is 5.56. The van der Waals surface area contributed by atoms with Crippen LogP contribution in [0.4, 0.5) is 0 Å². The quantitative estimate of drug-likeness (QED) is 0.697. The molecule has 2 aromatic carbocycles. The molecule has 0 saturated heterocycles. The van der Waals surface area contributed by atoms with E-state index in [9.17, 15) is 4.79 Å². The Hall–Kier alpha value is -2.07. The molecule has 2 aromatic rings. The van der Waals surface area contributed by atoms with Crippen LogP contribution >= 0.6 is 15.9 Å². The molecule has 4 heteroatoms. The molecule has 114 valence electrons. The predicted molar refractivity (Wildman–Crippen MR) is 91.7 cm³/mol. The Morgan fingerprint density at radius 1 is 1.09 bits per heavy atom. The van der Waals surface area contributed by atoms with Gasteiger partial charge in [0.1, 0.15) is 11.5 Å². The van der Waals surface area contributed by atoms with Crippen molar-refractivity contribution in [2.75, 3.05) is 14.2 Å². The SMILES string of the molecule is COc1ccc(OC)c(C=CCC(=O)c2ccc(Br)cc2)c1. The molecule has 0 unspecified atom stereocenters. The molecule has 0 aliphatic rings. The number of Topliss-reactive ketones (excluding diaryl/α,β-unsaturated/α-hetero) is 1. The molecule has 0 aromatic heterocycles. The Bertz CT molecular complexity index is 675. The van der Waals surface area contributed by atoms with Crippen LogP contribution in [-0.4, -0.2) is 20.0 Å². The van der Waals surface area contributed by atoms with Crippen LogP contribution in [-0.2, 0) is 0 Å². The highest BCUT2D eigenvalue weighted by molar-refractivity contribution is 9.10. The maximum atomic E-state index is 12.1. The van der Waals surface area contributed by atoms with Crippen molar-refractivity contribution in [3.63, 3.8) is 0 Å². The summed E-state index contributed by atoms with van der Waals surface area (Å²) in [7, 11) is 3.23. The number of hydrogen-bond acceptors (Lipinski definition) is 3. The lowest BCUT2D eigenvalue weighted by molar-refractivity contribution is 0.0996. The first-order valence-electron chi connectivity index (χ1n) is 6.81. The van der Waals surface area contributed by atoms with E-state index in [4.69, 9.17) is 9.47 Å². The zero-order chi connectivity index (χ0) is 15.9. The van der Waals surface area contributed by atoms with Gasteiger partial charge in [-0.15, -0.1) is 0 Å². The van der Waals surface area contributed by atoms with Gasteiger partial charge >= 0.3 is 0 Å². The van der Waals surface area contributed by atoms with Crippen molar-refractivity contribution in [2.24, 2.45) is 0 Å². The molecule has 0 bridgehead atoms. The molecule has 2 rings (SSSR count). The molecule has 0 aliphatic carbocycles. The minimum atomic E-state index is 0.0746. The van der Waals surface area contributed by atoms with Gasteiger partial charge < -0.3 is 9.47 Å². The van der Waals surface area contributed by atoms with Crippen LogP contribution in [0.5, 0.6) is 11.5 Å². The van der Waals surface area contributed by atoms with E-state index in [1.165, 1.54) is 0 Å². The van der Waals surface area contributed by atoms with Gasteiger partial charge in [0.05, 0.1) is 14.2 Å². The molecule has 0 atom stereocenters. The van der Waals surface area contributed by atoms with Crippen molar-refractivity contribution in [1.82, 2.24) is 0 Å². The Morgan fingerprint density at radius 2 is 1.82 bits per heavy atom. The molecule has 22 heavy (non-hydrogen) atoms. The molecule has 0 fully saturated rings. The number of rotatable bonds is 6. The first kappa shape index (κ1) is 16.3. The van der Waals surface area contributed by atoms with Crippen molar-refractivity contribution >= 4 is 27.8 Å². The van der Waals surface area contributed by atoms with E-state index in [1.807, 2.05) is 54.6 Å². The molecule has 0 saturated carbocycles. The van der Waals surface area contributed by atoms with Gasteiger partial charge in [-0.1, -0.05) is 40.2 Å². The topological polar surface area (TPSA) is 35.5 Å². The summed E-state index contributed by atoms with van der Waals surface area (Å²) >= 11 is 3.36. The number of benzene rings is 2.